The SMILES string of the molecule is CC(C)(C)OC(=O)NC[C@]1(C)C[C@@H]1CO. The Morgan fingerprint density at radius 2 is 2.20 bits per heavy atom. The fraction of sp³-hybridized carbons (Fsp3) is 0.909. The summed E-state index contributed by atoms with van der Waals surface area (Å²) in [5.41, 5.74) is -0.392. The molecule has 1 rings (SSSR count). The molecule has 0 bridgehead atoms. The molecule has 0 aromatic heterocycles. The number of carbonyl (C=O) groups is 1. The van der Waals surface area contributed by atoms with Gasteiger partial charge in [0.1, 0.15) is 5.60 Å². The Hall–Kier alpha value is -0.770. The van der Waals surface area contributed by atoms with Crippen molar-refractivity contribution < 1.29 is 14.6 Å². The summed E-state index contributed by atoms with van der Waals surface area (Å²) in [5.74, 6) is 0.326. The Morgan fingerprint density at radius 1 is 1.60 bits per heavy atom. The second-order valence-electron chi connectivity index (χ2n) is 5.59. The summed E-state index contributed by atoms with van der Waals surface area (Å²) in [6, 6.07) is 0. The van der Waals surface area contributed by atoms with Gasteiger partial charge in [-0.05, 0) is 38.5 Å². The number of carbonyl (C=O) groups excluding carboxylic acids is 1. The molecular weight excluding hydrogens is 194 g/mol. The van der Waals surface area contributed by atoms with E-state index in [0.29, 0.717) is 12.5 Å². The van der Waals surface area contributed by atoms with Crippen LogP contribution in [0.15, 0.2) is 0 Å². The highest BCUT2D eigenvalue weighted by Crippen LogP contribution is 2.51. The van der Waals surface area contributed by atoms with Crippen LogP contribution in [0.2, 0.25) is 0 Å². The van der Waals surface area contributed by atoms with E-state index >= 15 is 0 Å². The minimum atomic E-state index is -0.453. The Morgan fingerprint density at radius 3 is 2.60 bits per heavy atom. The first-order valence-electron chi connectivity index (χ1n) is 5.34. The molecule has 0 saturated heterocycles. The highest BCUT2D eigenvalue weighted by molar-refractivity contribution is 5.67. The molecule has 15 heavy (non-hydrogen) atoms. The van der Waals surface area contributed by atoms with Gasteiger partial charge < -0.3 is 15.2 Å². The van der Waals surface area contributed by atoms with Gasteiger partial charge in [0.05, 0.1) is 0 Å². The predicted octanol–water partition coefficient (Wildman–Crippen LogP) is 1.53. The highest BCUT2D eigenvalue weighted by Gasteiger charge is 2.49. The monoisotopic (exact) mass is 215 g/mol. The number of aliphatic hydroxyl groups is 1. The van der Waals surface area contributed by atoms with Crippen LogP contribution in [0.25, 0.3) is 0 Å². The molecule has 0 radical (unpaired) electrons. The molecule has 0 aromatic rings. The standard InChI is InChI=1S/C11H21NO3/c1-10(2,3)15-9(14)12-7-11(4)5-8(11)6-13/h8,13H,5-7H2,1-4H3,(H,12,14)/t8-,11+/m1/s1. The molecule has 2 atom stereocenters. The molecule has 1 aliphatic rings. The summed E-state index contributed by atoms with van der Waals surface area (Å²) in [5, 5.41) is 11.7. The average Bonchev–Trinajstić information content (AvgIpc) is 2.72. The maximum absolute atomic E-state index is 11.3. The van der Waals surface area contributed by atoms with Crippen molar-refractivity contribution in [2.24, 2.45) is 11.3 Å². The minimum Gasteiger partial charge on any atom is -0.444 e. The quantitative estimate of drug-likeness (QED) is 0.750. The first-order valence-corrected chi connectivity index (χ1v) is 5.34. The van der Waals surface area contributed by atoms with Gasteiger partial charge in [-0.1, -0.05) is 6.92 Å². The molecule has 0 unspecified atom stereocenters. The number of aliphatic hydroxyl groups excluding tert-OH is 1. The Bertz CT molecular complexity index is 247. The lowest BCUT2D eigenvalue weighted by molar-refractivity contribution is 0.0514. The average molecular weight is 215 g/mol. The third-order valence-electron chi connectivity index (χ3n) is 2.79. The van der Waals surface area contributed by atoms with Crippen LogP contribution in [0, 0.1) is 11.3 Å². The fourth-order valence-corrected chi connectivity index (χ4v) is 1.59. The van der Waals surface area contributed by atoms with Crippen molar-refractivity contribution in [3.8, 4) is 0 Å². The Kier molecular flexibility index (Phi) is 3.28. The number of amides is 1. The minimum absolute atomic E-state index is 0.0612. The fourth-order valence-electron chi connectivity index (χ4n) is 1.59. The zero-order chi connectivity index (χ0) is 11.7. The van der Waals surface area contributed by atoms with Gasteiger partial charge >= 0.3 is 6.09 Å². The molecule has 0 aliphatic heterocycles. The molecule has 4 heteroatoms. The number of ether oxygens (including phenoxy) is 1. The highest BCUT2D eigenvalue weighted by atomic mass is 16.6. The third kappa shape index (κ3) is 3.70. The van der Waals surface area contributed by atoms with E-state index in [1.165, 1.54) is 0 Å². The van der Waals surface area contributed by atoms with Crippen LogP contribution in [0.3, 0.4) is 0 Å². The van der Waals surface area contributed by atoms with Crippen molar-refractivity contribution in [3.05, 3.63) is 0 Å². The lowest BCUT2D eigenvalue weighted by Crippen LogP contribution is -2.35. The van der Waals surface area contributed by atoms with Crippen molar-refractivity contribution in [1.29, 1.82) is 0 Å². The maximum Gasteiger partial charge on any atom is 0.407 e. The van der Waals surface area contributed by atoms with Gasteiger partial charge in [0.15, 0.2) is 0 Å². The van der Waals surface area contributed by atoms with Crippen LogP contribution >= 0.6 is 0 Å². The molecule has 1 fully saturated rings. The van der Waals surface area contributed by atoms with Crippen molar-refractivity contribution in [2.45, 2.75) is 39.7 Å². The molecule has 2 N–H and O–H groups in total. The summed E-state index contributed by atoms with van der Waals surface area (Å²) in [6.07, 6.45) is 0.589. The van der Waals surface area contributed by atoms with E-state index in [9.17, 15) is 4.79 Å². The van der Waals surface area contributed by atoms with Gasteiger partial charge in [0.25, 0.3) is 0 Å². The maximum atomic E-state index is 11.3. The van der Waals surface area contributed by atoms with E-state index in [1.54, 1.807) is 0 Å². The summed E-state index contributed by atoms with van der Waals surface area (Å²) < 4.78 is 5.12. The summed E-state index contributed by atoms with van der Waals surface area (Å²) >= 11 is 0. The van der Waals surface area contributed by atoms with E-state index in [-0.39, 0.29) is 18.1 Å². The number of nitrogens with one attached hydrogen (secondary N) is 1. The molecule has 1 amide bonds. The van der Waals surface area contributed by atoms with Crippen molar-refractivity contribution in [2.75, 3.05) is 13.2 Å². The molecular formula is C11H21NO3. The molecule has 0 aromatic carbocycles. The molecule has 0 heterocycles. The molecule has 0 spiro atoms. The van der Waals surface area contributed by atoms with Crippen LogP contribution in [0.4, 0.5) is 4.79 Å². The topological polar surface area (TPSA) is 58.6 Å². The van der Waals surface area contributed by atoms with Gasteiger partial charge in [-0.15, -0.1) is 0 Å². The summed E-state index contributed by atoms with van der Waals surface area (Å²) in [7, 11) is 0. The van der Waals surface area contributed by atoms with E-state index < -0.39 is 5.60 Å². The van der Waals surface area contributed by atoms with E-state index in [2.05, 4.69) is 12.2 Å². The predicted molar refractivity (Wildman–Crippen MR) is 57.5 cm³/mol. The first-order chi connectivity index (χ1) is 6.77. The van der Waals surface area contributed by atoms with Gasteiger partial charge in [-0.2, -0.15) is 0 Å². The second-order valence-corrected chi connectivity index (χ2v) is 5.59. The lowest BCUT2D eigenvalue weighted by Gasteiger charge is -2.20. The van der Waals surface area contributed by atoms with Gasteiger partial charge in [0.2, 0.25) is 0 Å². The van der Waals surface area contributed by atoms with Crippen LogP contribution < -0.4 is 5.32 Å². The van der Waals surface area contributed by atoms with Crippen molar-refractivity contribution in [3.63, 3.8) is 0 Å². The zero-order valence-corrected chi connectivity index (χ0v) is 9.96. The Labute approximate surface area is 91.0 Å². The largest absolute Gasteiger partial charge is 0.444 e. The van der Waals surface area contributed by atoms with Crippen LogP contribution in [0.5, 0.6) is 0 Å². The number of hydrogen-bond acceptors (Lipinski definition) is 3. The van der Waals surface area contributed by atoms with Crippen LogP contribution in [-0.2, 0) is 4.74 Å². The molecule has 1 saturated carbocycles. The van der Waals surface area contributed by atoms with Gasteiger partial charge in [-0.25, -0.2) is 4.79 Å². The van der Waals surface area contributed by atoms with Crippen LogP contribution in [-0.4, -0.2) is 30.0 Å². The Balaban J connectivity index is 2.24. The molecule has 88 valence electrons. The van der Waals surface area contributed by atoms with E-state index in [4.69, 9.17) is 9.84 Å². The number of hydrogen-bond donors (Lipinski definition) is 2. The smallest absolute Gasteiger partial charge is 0.407 e. The molecule has 1 aliphatic carbocycles. The molecule has 4 nitrogen and oxygen atoms in total. The normalized spacial score (nSPS) is 29.8. The van der Waals surface area contributed by atoms with E-state index in [0.717, 1.165) is 6.42 Å². The van der Waals surface area contributed by atoms with E-state index in [1.807, 2.05) is 20.8 Å². The number of alkyl carbamates (subject to hydrolysis) is 1. The second kappa shape index (κ2) is 4.00. The lowest BCUT2D eigenvalue weighted by atomic mass is 10.1. The van der Waals surface area contributed by atoms with Crippen LogP contribution in [0.1, 0.15) is 34.1 Å². The third-order valence-corrected chi connectivity index (χ3v) is 2.79. The summed E-state index contributed by atoms with van der Waals surface area (Å²) in [6.45, 7) is 8.34. The number of rotatable bonds is 3. The van der Waals surface area contributed by atoms with Gasteiger partial charge in [-0.3, -0.25) is 0 Å². The van der Waals surface area contributed by atoms with Gasteiger partial charge in [0, 0.05) is 13.2 Å². The zero-order valence-electron chi connectivity index (χ0n) is 9.96. The summed E-state index contributed by atoms with van der Waals surface area (Å²) in [4.78, 5) is 11.3. The van der Waals surface area contributed by atoms with Crippen molar-refractivity contribution in [1.82, 2.24) is 5.32 Å². The van der Waals surface area contributed by atoms with Crippen molar-refractivity contribution >= 4 is 6.09 Å². The first kappa shape index (κ1) is 12.3.